The molecular weight excluding hydrogens is 264 g/mol. The average molecular weight is 282 g/mol. The Labute approximate surface area is 116 Å². The summed E-state index contributed by atoms with van der Waals surface area (Å²) in [6.07, 6.45) is -1.31. The summed E-state index contributed by atoms with van der Waals surface area (Å²) < 4.78 is 0. The molecule has 0 aliphatic carbocycles. The number of anilines is 1. The Morgan fingerprint density at radius 2 is 1.80 bits per heavy atom. The zero-order valence-corrected chi connectivity index (χ0v) is 11.5. The third kappa shape index (κ3) is 4.04. The summed E-state index contributed by atoms with van der Waals surface area (Å²) in [5, 5.41) is 32.1. The van der Waals surface area contributed by atoms with Gasteiger partial charge in [0, 0.05) is 6.07 Å². The minimum Gasteiger partial charge on any atom is -0.508 e. The fourth-order valence-electron chi connectivity index (χ4n) is 1.63. The van der Waals surface area contributed by atoms with Crippen LogP contribution in [0.25, 0.3) is 0 Å². The molecule has 0 aliphatic heterocycles. The zero-order chi connectivity index (χ0) is 15.5. The number of benzene rings is 1. The van der Waals surface area contributed by atoms with Crippen molar-refractivity contribution in [1.82, 2.24) is 5.32 Å². The van der Waals surface area contributed by atoms with Crippen LogP contribution in [0.2, 0.25) is 0 Å². The third-order valence-electron chi connectivity index (χ3n) is 2.64. The lowest BCUT2D eigenvalue weighted by atomic mass is 9.86. The Kier molecular flexibility index (Phi) is 4.44. The van der Waals surface area contributed by atoms with E-state index in [-0.39, 0.29) is 17.2 Å². The molecule has 0 radical (unpaired) electrons. The molecular formula is C13H18N2O5. The number of phenols is 2. The van der Waals surface area contributed by atoms with E-state index in [0.29, 0.717) is 0 Å². The van der Waals surface area contributed by atoms with Crippen LogP contribution < -0.4 is 10.6 Å². The standard InChI is InChI=1S/C13H18N2O5/c1-13(2,3)10(15-12(19)20)11(18)14-8-5-4-7(16)6-9(8)17/h4-6,10,15-17H,1-3H3,(H,14,18)(H,19,20). The molecule has 0 saturated carbocycles. The van der Waals surface area contributed by atoms with Gasteiger partial charge in [-0.05, 0) is 17.5 Å². The monoisotopic (exact) mass is 282 g/mol. The number of hydrogen-bond acceptors (Lipinski definition) is 4. The van der Waals surface area contributed by atoms with Crippen LogP contribution >= 0.6 is 0 Å². The molecule has 0 fully saturated rings. The summed E-state index contributed by atoms with van der Waals surface area (Å²) in [5.74, 6) is -1.04. The summed E-state index contributed by atoms with van der Waals surface area (Å²) in [6.45, 7) is 5.14. The summed E-state index contributed by atoms with van der Waals surface area (Å²) in [6, 6.07) is 2.70. The van der Waals surface area contributed by atoms with Crippen LogP contribution in [0.15, 0.2) is 18.2 Å². The van der Waals surface area contributed by atoms with Gasteiger partial charge in [0.2, 0.25) is 5.91 Å². The van der Waals surface area contributed by atoms with Crippen LogP contribution in [0.4, 0.5) is 10.5 Å². The Balaban J connectivity index is 2.93. The minimum absolute atomic E-state index is 0.0919. The number of amides is 2. The molecule has 0 bridgehead atoms. The number of hydrogen-bond donors (Lipinski definition) is 5. The number of carboxylic acid groups (broad SMARTS) is 1. The Bertz CT molecular complexity index is 522. The number of carbonyl (C=O) groups excluding carboxylic acids is 1. The predicted octanol–water partition coefficient (Wildman–Crippen LogP) is 1.72. The molecule has 1 aromatic carbocycles. The topological polar surface area (TPSA) is 119 Å². The summed E-state index contributed by atoms with van der Waals surface area (Å²) in [5.41, 5.74) is -0.552. The molecule has 0 aromatic heterocycles. The van der Waals surface area contributed by atoms with Gasteiger partial charge in [-0.2, -0.15) is 0 Å². The van der Waals surface area contributed by atoms with Crippen LogP contribution in [-0.4, -0.2) is 33.4 Å². The molecule has 2 amide bonds. The first kappa shape index (κ1) is 15.6. The van der Waals surface area contributed by atoms with Gasteiger partial charge in [-0.15, -0.1) is 0 Å². The third-order valence-corrected chi connectivity index (χ3v) is 2.64. The molecule has 1 rings (SSSR count). The molecule has 1 aromatic rings. The van der Waals surface area contributed by atoms with Gasteiger partial charge in [-0.1, -0.05) is 20.8 Å². The number of phenolic OH excluding ortho intramolecular Hbond substituents is 2. The second kappa shape index (κ2) is 5.68. The largest absolute Gasteiger partial charge is 0.508 e. The van der Waals surface area contributed by atoms with Gasteiger partial charge in [-0.3, -0.25) is 4.79 Å². The molecule has 1 atom stereocenters. The van der Waals surface area contributed by atoms with Crippen LogP contribution in [0.5, 0.6) is 11.5 Å². The highest BCUT2D eigenvalue weighted by molar-refractivity contribution is 5.98. The van der Waals surface area contributed by atoms with Crippen LogP contribution in [0.1, 0.15) is 20.8 Å². The molecule has 0 saturated heterocycles. The lowest BCUT2D eigenvalue weighted by Gasteiger charge is -2.29. The molecule has 7 heteroatoms. The van der Waals surface area contributed by atoms with E-state index in [1.165, 1.54) is 12.1 Å². The highest BCUT2D eigenvalue weighted by Crippen LogP contribution is 2.28. The van der Waals surface area contributed by atoms with E-state index in [0.717, 1.165) is 6.07 Å². The van der Waals surface area contributed by atoms with Crippen molar-refractivity contribution >= 4 is 17.7 Å². The van der Waals surface area contributed by atoms with Crippen molar-refractivity contribution < 1.29 is 24.9 Å². The zero-order valence-electron chi connectivity index (χ0n) is 11.5. The molecule has 0 heterocycles. The van der Waals surface area contributed by atoms with E-state index in [1.54, 1.807) is 20.8 Å². The molecule has 5 N–H and O–H groups in total. The quantitative estimate of drug-likeness (QED) is 0.427. The summed E-state index contributed by atoms with van der Waals surface area (Å²) in [7, 11) is 0. The SMILES string of the molecule is CC(C)(C)C(NC(=O)O)C(=O)Nc1ccc(O)cc1O. The highest BCUT2D eigenvalue weighted by atomic mass is 16.4. The van der Waals surface area contributed by atoms with E-state index in [4.69, 9.17) is 10.2 Å². The average Bonchev–Trinajstić information content (AvgIpc) is 2.28. The number of carbonyl (C=O) groups is 2. The molecule has 110 valence electrons. The normalized spacial score (nSPS) is 12.6. The van der Waals surface area contributed by atoms with E-state index < -0.39 is 23.5 Å². The maximum atomic E-state index is 12.1. The van der Waals surface area contributed by atoms with E-state index >= 15 is 0 Å². The maximum absolute atomic E-state index is 12.1. The van der Waals surface area contributed by atoms with E-state index in [2.05, 4.69) is 10.6 Å². The lowest BCUT2D eigenvalue weighted by Crippen LogP contribution is -2.51. The van der Waals surface area contributed by atoms with Crippen molar-refractivity contribution in [3.8, 4) is 11.5 Å². The van der Waals surface area contributed by atoms with Crippen LogP contribution in [-0.2, 0) is 4.79 Å². The number of rotatable bonds is 3. The molecule has 0 aliphatic rings. The van der Waals surface area contributed by atoms with Gasteiger partial charge >= 0.3 is 6.09 Å². The Hall–Kier alpha value is -2.44. The second-order valence-corrected chi connectivity index (χ2v) is 5.44. The maximum Gasteiger partial charge on any atom is 0.405 e. The number of aromatic hydroxyl groups is 2. The first-order chi connectivity index (χ1) is 9.11. The minimum atomic E-state index is -1.31. The van der Waals surface area contributed by atoms with Crippen molar-refractivity contribution in [2.75, 3.05) is 5.32 Å². The van der Waals surface area contributed by atoms with Crippen molar-refractivity contribution in [1.29, 1.82) is 0 Å². The van der Waals surface area contributed by atoms with Gasteiger partial charge in [-0.25, -0.2) is 4.79 Å². The van der Waals surface area contributed by atoms with E-state index in [9.17, 15) is 14.7 Å². The smallest absolute Gasteiger partial charge is 0.405 e. The Morgan fingerprint density at radius 1 is 1.20 bits per heavy atom. The fourth-order valence-corrected chi connectivity index (χ4v) is 1.63. The summed E-state index contributed by atoms with van der Waals surface area (Å²) >= 11 is 0. The van der Waals surface area contributed by atoms with Gasteiger partial charge < -0.3 is 26.0 Å². The van der Waals surface area contributed by atoms with Crippen molar-refractivity contribution in [2.24, 2.45) is 5.41 Å². The first-order valence-corrected chi connectivity index (χ1v) is 5.93. The van der Waals surface area contributed by atoms with Crippen molar-refractivity contribution in [3.63, 3.8) is 0 Å². The number of nitrogens with one attached hydrogen (secondary N) is 2. The van der Waals surface area contributed by atoms with Crippen molar-refractivity contribution in [3.05, 3.63) is 18.2 Å². The van der Waals surface area contributed by atoms with Gasteiger partial charge in [0.15, 0.2) is 0 Å². The lowest BCUT2D eigenvalue weighted by molar-refractivity contribution is -0.120. The summed E-state index contributed by atoms with van der Waals surface area (Å²) in [4.78, 5) is 22.9. The molecule has 1 unspecified atom stereocenters. The van der Waals surface area contributed by atoms with Gasteiger partial charge in [0.1, 0.15) is 17.5 Å². The van der Waals surface area contributed by atoms with Gasteiger partial charge in [0.25, 0.3) is 0 Å². The van der Waals surface area contributed by atoms with Gasteiger partial charge in [0.05, 0.1) is 5.69 Å². The van der Waals surface area contributed by atoms with Crippen LogP contribution in [0, 0.1) is 5.41 Å². The van der Waals surface area contributed by atoms with Crippen molar-refractivity contribution in [2.45, 2.75) is 26.8 Å². The highest BCUT2D eigenvalue weighted by Gasteiger charge is 2.33. The first-order valence-electron chi connectivity index (χ1n) is 5.93. The van der Waals surface area contributed by atoms with Crippen LogP contribution in [0.3, 0.4) is 0 Å². The molecule has 20 heavy (non-hydrogen) atoms. The van der Waals surface area contributed by atoms with E-state index in [1.807, 2.05) is 0 Å². The second-order valence-electron chi connectivity index (χ2n) is 5.44. The molecule has 0 spiro atoms. The molecule has 7 nitrogen and oxygen atoms in total. The Morgan fingerprint density at radius 3 is 2.25 bits per heavy atom. The predicted molar refractivity (Wildman–Crippen MR) is 72.8 cm³/mol. The fraction of sp³-hybridized carbons (Fsp3) is 0.385.